The Labute approximate surface area is 123 Å². The Hall–Kier alpha value is -1.13. The van der Waals surface area contributed by atoms with E-state index in [4.69, 9.17) is 0 Å². The molecule has 0 spiro atoms. The molecule has 20 heavy (non-hydrogen) atoms. The SMILES string of the molecule is CCN1CCN(CC(C)CNc2cc(C)ccn2)CC1. The van der Waals surface area contributed by atoms with Gasteiger partial charge in [0.15, 0.2) is 0 Å². The summed E-state index contributed by atoms with van der Waals surface area (Å²) in [5.74, 6) is 1.64. The first-order valence-corrected chi connectivity index (χ1v) is 7.78. The zero-order valence-electron chi connectivity index (χ0n) is 13.1. The van der Waals surface area contributed by atoms with Crippen LogP contribution in [0.4, 0.5) is 5.82 Å². The highest BCUT2D eigenvalue weighted by molar-refractivity contribution is 5.36. The number of aromatic nitrogens is 1. The van der Waals surface area contributed by atoms with Gasteiger partial charge in [0.2, 0.25) is 0 Å². The van der Waals surface area contributed by atoms with Gasteiger partial charge in [-0.3, -0.25) is 0 Å². The lowest BCUT2D eigenvalue weighted by Crippen LogP contribution is -2.47. The first-order chi connectivity index (χ1) is 9.67. The maximum atomic E-state index is 4.35. The molecular weight excluding hydrogens is 248 g/mol. The Kier molecular flexibility index (Phi) is 5.80. The van der Waals surface area contributed by atoms with E-state index in [-0.39, 0.29) is 0 Å². The van der Waals surface area contributed by atoms with E-state index in [9.17, 15) is 0 Å². The Morgan fingerprint density at radius 3 is 2.60 bits per heavy atom. The molecule has 0 aromatic carbocycles. The number of anilines is 1. The number of nitrogens with one attached hydrogen (secondary N) is 1. The van der Waals surface area contributed by atoms with Crippen LogP contribution in [0.3, 0.4) is 0 Å². The molecule has 0 aliphatic carbocycles. The second kappa shape index (κ2) is 7.60. The van der Waals surface area contributed by atoms with Crippen molar-refractivity contribution >= 4 is 5.82 Å². The Balaban J connectivity index is 1.69. The fraction of sp³-hybridized carbons (Fsp3) is 0.688. The van der Waals surface area contributed by atoms with E-state index < -0.39 is 0 Å². The lowest BCUT2D eigenvalue weighted by molar-refractivity contribution is 0.126. The molecule has 0 amide bonds. The van der Waals surface area contributed by atoms with Crippen molar-refractivity contribution in [2.75, 3.05) is 51.1 Å². The topological polar surface area (TPSA) is 31.4 Å². The van der Waals surface area contributed by atoms with Crippen LogP contribution in [0, 0.1) is 12.8 Å². The number of likely N-dealkylation sites (N-methyl/N-ethyl adjacent to an activating group) is 1. The Morgan fingerprint density at radius 1 is 1.25 bits per heavy atom. The number of hydrogen-bond donors (Lipinski definition) is 1. The largest absolute Gasteiger partial charge is 0.370 e. The van der Waals surface area contributed by atoms with E-state index in [0.29, 0.717) is 5.92 Å². The first kappa shape index (κ1) is 15.3. The van der Waals surface area contributed by atoms with Crippen molar-refractivity contribution in [1.82, 2.24) is 14.8 Å². The highest BCUT2D eigenvalue weighted by Gasteiger charge is 2.17. The summed E-state index contributed by atoms with van der Waals surface area (Å²) in [6.07, 6.45) is 1.87. The highest BCUT2D eigenvalue weighted by Crippen LogP contribution is 2.09. The van der Waals surface area contributed by atoms with Crippen LogP contribution in [0.1, 0.15) is 19.4 Å². The number of rotatable bonds is 6. The highest BCUT2D eigenvalue weighted by atomic mass is 15.3. The average molecular weight is 276 g/mol. The van der Waals surface area contributed by atoms with Crippen LogP contribution in [0.15, 0.2) is 18.3 Å². The van der Waals surface area contributed by atoms with Gasteiger partial charge in [0.25, 0.3) is 0 Å². The minimum atomic E-state index is 0.644. The van der Waals surface area contributed by atoms with Gasteiger partial charge in [0.05, 0.1) is 0 Å². The Bertz CT molecular complexity index is 399. The standard InChI is InChI=1S/C16H28N4/c1-4-19-7-9-20(10-8-19)13-15(3)12-18-16-11-14(2)5-6-17-16/h5-6,11,15H,4,7-10,12-13H2,1-3H3,(H,17,18). The quantitative estimate of drug-likeness (QED) is 0.862. The van der Waals surface area contributed by atoms with Gasteiger partial charge in [-0.1, -0.05) is 13.8 Å². The summed E-state index contributed by atoms with van der Waals surface area (Å²) < 4.78 is 0. The van der Waals surface area contributed by atoms with Crippen LogP contribution in [-0.4, -0.2) is 60.6 Å². The molecule has 2 rings (SSSR count). The summed E-state index contributed by atoms with van der Waals surface area (Å²) in [4.78, 5) is 9.46. The monoisotopic (exact) mass is 276 g/mol. The molecular formula is C16H28N4. The number of aryl methyl sites for hydroxylation is 1. The smallest absolute Gasteiger partial charge is 0.126 e. The first-order valence-electron chi connectivity index (χ1n) is 7.78. The van der Waals surface area contributed by atoms with E-state index in [1.807, 2.05) is 12.3 Å². The number of hydrogen-bond acceptors (Lipinski definition) is 4. The lowest BCUT2D eigenvalue weighted by Gasteiger charge is -2.35. The van der Waals surface area contributed by atoms with Crippen molar-refractivity contribution < 1.29 is 0 Å². The maximum absolute atomic E-state index is 4.35. The molecule has 1 unspecified atom stereocenters. The third-order valence-corrected chi connectivity index (χ3v) is 4.03. The molecule has 4 heteroatoms. The van der Waals surface area contributed by atoms with Crippen molar-refractivity contribution in [1.29, 1.82) is 0 Å². The van der Waals surface area contributed by atoms with Gasteiger partial charge in [-0.25, -0.2) is 4.98 Å². The van der Waals surface area contributed by atoms with E-state index in [1.165, 1.54) is 44.8 Å². The van der Waals surface area contributed by atoms with E-state index in [2.05, 4.69) is 46.9 Å². The Morgan fingerprint density at radius 2 is 1.95 bits per heavy atom. The predicted molar refractivity (Wildman–Crippen MR) is 85.2 cm³/mol. The maximum Gasteiger partial charge on any atom is 0.126 e. The van der Waals surface area contributed by atoms with Crippen LogP contribution in [0.25, 0.3) is 0 Å². The third-order valence-electron chi connectivity index (χ3n) is 4.03. The zero-order chi connectivity index (χ0) is 14.4. The number of piperazine rings is 1. The summed E-state index contributed by atoms with van der Waals surface area (Å²) in [7, 11) is 0. The van der Waals surface area contributed by atoms with Crippen molar-refractivity contribution in [3.05, 3.63) is 23.9 Å². The summed E-state index contributed by atoms with van der Waals surface area (Å²) in [5, 5.41) is 3.45. The van der Waals surface area contributed by atoms with Crippen molar-refractivity contribution in [3.8, 4) is 0 Å². The van der Waals surface area contributed by atoms with Gasteiger partial charge in [0, 0.05) is 45.5 Å². The molecule has 0 saturated carbocycles. The summed E-state index contributed by atoms with van der Waals surface area (Å²) in [5.41, 5.74) is 1.26. The molecule has 1 aliphatic rings. The van der Waals surface area contributed by atoms with Gasteiger partial charge in [-0.05, 0) is 37.1 Å². The number of pyridine rings is 1. The molecule has 1 fully saturated rings. The van der Waals surface area contributed by atoms with Crippen molar-refractivity contribution in [2.24, 2.45) is 5.92 Å². The predicted octanol–water partition coefficient (Wildman–Crippen LogP) is 2.08. The van der Waals surface area contributed by atoms with Gasteiger partial charge >= 0.3 is 0 Å². The minimum absolute atomic E-state index is 0.644. The molecule has 1 aliphatic heterocycles. The van der Waals surface area contributed by atoms with Gasteiger partial charge in [0.1, 0.15) is 5.82 Å². The third kappa shape index (κ3) is 4.76. The van der Waals surface area contributed by atoms with Gasteiger partial charge in [-0.2, -0.15) is 0 Å². The molecule has 1 aromatic rings. The summed E-state index contributed by atoms with van der Waals surface area (Å²) in [6.45, 7) is 14.9. The van der Waals surface area contributed by atoms with Crippen LogP contribution in [-0.2, 0) is 0 Å². The molecule has 2 heterocycles. The number of nitrogens with zero attached hydrogens (tertiary/aromatic N) is 3. The van der Waals surface area contributed by atoms with Crippen LogP contribution >= 0.6 is 0 Å². The van der Waals surface area contributed by atoms with Crippen molar-refractivity contribution in [2.45, 2.75) is 20.8 Å². The minimum Gasteiger partial charge on any atom is -0.370 e. The second-order valence-electron chi connectivity index (χ2n) is 5.94. The van der Waals surface area contributed by atoms with E-state index >= 15 is 0 Å². The van der Waals surface area contributed by atoms with Crippen LogP contribution in [0.2, 0.25) is 0 Å². The van der Waals surface area contributed by atoms with Gasteiger partial charge < -0.3 is 15.1 Å². The molecule has 112 valence electrons. The normalized spacial score (nSPS) is 18.9. The molecule has 0 bridgehead atoms. The molecule has 1 N–H and O–H groups in total. The molecule has 1 aromatic heterocycles. The fourth-order valence-corrected chi connectivity index (χ4v) is 2.71. The van der Waals surface area contributed by atoms with E-state index in [0.717, 1.165) is 12.4 Å². The summed E-state index contributed by atoms with van der Waals surface area (Å²) in [6, 6.07) is 4.13. The lowest BCUT2D eigenvalue weighted by atomic mass is 10.1. The molecule has 4 nitrogen and oxygen atoms in total. The molecule has 0 radical (unpaired) electrons. The zero-order valence-corrected chi connectivity index (χ0v) is 13.1. The van der Waals surface area contributed by atoms with Crippen LogP contribution < -0.4 is 5.32 Å². The van der Waals surface area contributed by atoms with Crippen LogP contribution in [0.5, 0.6) is 0 Å². The fourth-order valence-electron chi connectivity index (χ4n) is 2.71. The second-order valence-corrected chi connectivity index (χ2v) is 5.94. The van der Waals surface area contributed by atoms with Gasteiger partial charge in [-0.15, -0.1) is 0 Å². The summed E-state index contributed by atoms with van der Waals surface area (Å²) >= 11 is 0. The average Bonchev–Trinajstić information content (AvgIpc) is 2.46. The molecule has 1 atom stereocenters. The van der Waals surface area contributed by atoms with Crippen molar-refractivity contribution in [3.63, 3.8) is 0 Å². The molecule has 1 saturated heterocycles. The van der Waals surface area contributed by atoms with E-state index in [1.54, 1.807) is 0 Å².